The third-order valence-electron chi connectivity index (χ3n) is 0.179. The van der Waals surface area contributed by atoms with Crippen molar-refractivity contribution in [3.63, 3.8) is 0 Å². The molecule has 0 saturated heterocycles. The molecule has 0 saturated carbocycles. The van der Waals surface area contributed by atoms with Crippen molar-refractivity contribution in [1.29, 1.82) is 0 Å². The number of hydrogen-bond donors (Lipinski definition) is 4. The average molecular weight is 398 g/mol. The fraction of sp³-hybridized carbons (Fsp3) is 0. The van der Waals surface area contributed by atoms with Gasteiger partial charge in [-0.3, -0.25) is 0 Å². The Hall–Kier alpha value is 2.20. The summed E-state index contributed by atoms with van der Waals surface area (Å²) in [6.07, 6.45) is 0. The standard InChI is InChI=1S/2In.H4O6P2.6H/c;;1-7(2)6-8(3,4)5;;;;;;/h;;1-2H,(H2,3,4,5);;;;;;. The topological polar surface area (TPSA) is 107 Å². The van der Waals surface area contributed by atoms with E-state index in [4.69, 9.17) is 19.6 Å². The molecule has 62 valence electrons. The predicted molar refractivity (Wildman–Crippen MR) is 44.4 cm³/mol. The Morgan fingerprint density at radius 1 is 1.20 bits per heavy atom. The zero-order valence-electron chi connectivity index (χ0n) is 3.50. The quantitative estimate of drug-likeness (QED) is 0.369. The molecule has 0 spiro atoms. The van der Waals surface area contributed by atoms with Gasteiger partial charge in [-0.2, -0.15) is 0 Å². The van der Waals surface area contributed by atoms with Crippen LogP contribution in [0.1, 0.15) is 0 Å². The molecular formula is H10In2O6P2. The molecule has 0 rings (SSSR count). The Balaban J connectivity index is -0.000000245. The van der Waals surface area contributed by atoms with Crippen LogP contribution in [0.4, 0.5) is 0 Å². The summed E-state index contributed by atoms with van der Waals surface area (Å²) in [7, 11) is -7.64. The van der Waals surface area contributed by atoms with Gasteiger partial charge in [-0.25, -0.2) is 8.88 Å². The third kappa shape index (κ3) is 16.7. The summed E-state index contributed by atoms with van der Waals surface area (Å²) >= 11 is 0. The van der Waals surface area contributed by atoms with Crippen molar-refractivity contribution in [2.45, 2.75) is 0 Å². The van der Waals surface area contributed by atoms with Crippen molar-refractivity contribution < 1.29 is 28.4 Å². The molecule has 10 heavy (non-hydrogen) atoms. The van der Waals surface area contributed by atoms with Crippen LogP contribution in [0.25, 0.3) is 0 Å². The first kappa shape index (κ1) is 18.1. The zero-order valence-corrected chi connectivity index (χ0v) is 5.29. The van der Waals surface area contributed by atoms with Crippen molar-refractivity contribution in [3.8, 4) is 0 Å². The first-order valence-electron chi connectivity index (χ1n) is 1.35. The molecule has 0 fully saturated rings. The minimum atomic E-state index is -4.69. The van der Waals surface area contributed by atoms with Gasteiger partial charge in [0.1, 0.15) is 0 Å². The van der Waals surface area contributed by atoms with Gasteiger partial charge in [0.05, 0.1) is 0 Å². The van der Waals surface area contributed by atoms with E-state index in [0.29, 0.717) is 0 Å². The van der Waals surface area contributed by atoms with Crippen LogP contribution in [0.5, 0.6) is 0 Å². The summed E-state index contributed by atoms with van der Waals surface area (Å²) < 4.78 is 12.9. The molecule has 0 atom stereocenters. The minimum absolute atomic E-state index is 0. The Bertz CT molecular complexity index is 106. The van der Waals surface area contributed by atoms with Gasteiger partial charge in [-0.05, 0) is 0 Å². The first-order valence-corrected chi connectivity index (χ1v) is 4.04. The molecule has 4 N–H and O–H groups in total. The fourth-order valence-electron chi connectivity index (χ4n) is 0.0951. The van der Waals surface area contributed by atoms with Gasteiger partial charge in [0.15, 0.2) is 0 Å². The Morgan fingerprint density at radius 2 is 1.50 bits per heavy atom. The molecule has 6 nitrogen and oxygen atoms in total. The second-order valence-corrected chi connectivity index (χ2v) is 2.96. The van der Waals surface area contributed by atoms with Crippen molar-refractivity contribution >= 4 is 68.1 Å². The van der Waals surface area contributed by atoms with E-state index in [1.807, 2.05) is 0 Å². The monoisotopic (exact) mass is 398 g/mol. The summed E-state index contributed by atoms with van der Waals surface area (Å²) in [5, 5.41) is 0. The summed E-state index contributed by atoms with van der Waals surface area (Å²) in [6.45, 7) is 0. The van der Waals surface area contributed by atoms with E-state index >= 15 is 0 Å². The number of phosphoric acid groups is 1. The van der Waals surface area contributed by atoms with E-state index < -0.39 is 16.4 Å². The van der Waals surface area contributed by atoms with Crippen LogP contribution in [0.2, 0.25) is 0 Å². The van der Waals surface area contributed by atoms with Crippen LogP contribution < -0.4 is 0 Å². The van der Waals surface area contributed by atoms with Crippen LogP contribution in [0.15, 0.2) is 0 Å². The van der Waals surface area contributed by atoms with Gasteiger partial charge >= 0.3 is 68.1 Å². The van der Waals surface area contributed by atoms with E-state index in [2.05, 4.69) is 4.31 Å². The SMILES string of the molecule is O=P(O)(O)OP(O)O.[InH3].[InH3]. The van der Waals surface area contributed by atoms with E-state index in [1.54, 1.807) is 0 Å². The molecule has 0 aromatic carbocycles. The van der Waals surface area contributed by atoms with E-state index in [0.717, 1.165) is 0 Å². The normalized spacial score (nSPS) is 10.1. The van der Waals surface area contributed by atoms with Gasteiger partial charge in [0, 0.05) is 0 Å². The zero-order chi connectivity index (χ0) is 6.78. The third-order valence-corrected chi connectivity index (χ3v) is 1.61. The molecule has 0 aromatic heterocycles. The number of rotatable bonds is 2. The molecule has 0 bridgehead atoms. The van der Waals surface area contributed by atoms with Crippen molar-refractivity contribution in [1.82, 2.24) is 0 Å². The van der Waals surface area contributed by atoms with Gasteiger partial charge in [-0.1, -0.05) is 0 Å². The predicted octanol–water partition coefficient (Wildman–Crippen LogP) is -3.06. The van der Waals surface area contributed by atoms with Gasteiger partial charge < -0.3 is 19.6 Å². The molecular weight excluding hydrogens is 388 g/mol. The molecule has 0 aromatic rings. The second-order valence-electron chi connectivity index (χ2n) is 0.825. The van der Waals surface area contributed by atoms with Crippen LogP contribution in [0, 0.1) is 0 Å². The summed E-state index contributed by atoms with van der Waals surface area (Å²) in [4.78, 5) is 31.1. The van der Waals surface area contributed by atoms with Crippen LogP contribution in [-0.4, -0.2) is 71.3 Å². The molecule has 0 heterocycles. The van der Waals surface area contributed by atoms with E-state index in [9.17, 15) is 4.57 Å². The first-order chi connectivity index (χ1) is 3.42. The fourth-order valence-corrected chi connectivity index (χ4v) is 0.856. The van der Waals surface area contributed by atoms with Gasteiger partial charge in [0.2, 0.25) is 0 Å². The van der Waals surface area contributed by atoms with Crippen LogP contribution >= 0.6 is 16.4 Å². The number of hydrogen-bond acceptors (Lipinski definition) is 4. The average Bonchev–Trinajstić information content (AvgIpc) is 1.21. The van der Waals surface area contributed by atoms with Gasteiger partial charge in [-0.15, -0.1) is 0 Å². The molecule has 10 heteroatoms. The van der Waals surface area contributed by atoms with E-state index in [-0.39, 0.29) is 51.7 Å². The Kier molecular flexibility index (Phi) is 14.2. The van der Waals surface area contributed by atoms with Crippen molar-refractivity contribution in [2.75, 3.05) is 0 Å². The summed E-state index contributed by atoms with van der Waals surface area (Å²) in [5.41, 5.74) is 0. The maximum absolute atomic E-state index is 9.61. The van der Waals surface area contributed by atoms with Crippen molar-refractivity contribution in [3.05, 3.63) is 0 Å². The summed E-state index contributed by atoms with van der Waals surface area (Å²) in [6, 6.07) is 0. The Labute approximate surface area is 95.8 Å². The Morgan fingerprint density at radius 3 is 1.50 bits per heavy atom. The maximum atomic E-state index is 9.61. The van der Waals surface area contributed by atoms with Crippen LogP contribution in [0.3, 0.4) is 0 Å². The molecule has 0 aliphatic rings. The molecule has 0 amide bonds. The molecule has 0 aliphatic heterocycles. The van der Waals surface area contributed by atoms with Crippen LogP contribution in [-0.2, 0) is 8.88 Å². The molecule has 0 radical (unpaired) electrons. The molecule has 0 aliphatic carbocycles. The second kappa shape index (κ2) is 7.83. The summed E-state index contributed by atoms with van der Waals surface area (Å²) in [5.74, 6) is 0. The van der Waals surface area contributed by atoms with Gasteiger partial charge in [0.25, 0.3) is 0 Å². The van der Waals surface area contributed by atoms with Crippen molar-refractivity contribution in [2.24, 2.45) is 0 Å². The molecule has 0 unspecified atom stereocenters. The van der Waals surface area contributed by atoms with E-state index in [1.165, 1.54) is 0 Å².